The average Bonchev–Trinajstić information content (AvgIpc) is 2.78. The molecule has 0 radical (unpaired) electrons. The zero-order chi connectivity index (χ0) is 13.5. The molecule has 2 aromatic rings. The molecule has 2 aromatic heterocycles. The molecule has 1 N–H and O–H groups in total. The molecular formula is C14H20N4O. The molecule has 0 atom stereocenters. The van der Waals surface area contributed by atoms with Crippen LogP contribution in [0.5, 0.6) is 0 Å². The third-order valence-electron chi connectivity index (χ3n) is 2.94. The number of imidazole rings is 1. The van der Waals surface area contributed by atoms with Gasteiger partial charge in [-0.2, -0.15) is 0 Å². The lowest BCUT2D eigenvalue weighted by molar-refractivity contribution is 0.559. The van der Waals surface area contributed by atoms with E-state index in [1.165, 1.54) is 0 Å². The molecule has 0 aliphatic carbocycles. The van der Waals surface area contributed by atoms with Gasteiger partial charge in [-0.1, -0.05) is 13.0 Å². The number of aromatic nitrogens is 3. The van der Waals surface area contributed by atoms with E-state index in [9.17, 15) is 4.79 Å². The molecular weight excluding hydrogens is 240 g/mol. The molecule has 2 rings (SSSR count). The van der Waals surface area contributed by atoms with Crippen molar-refractivity contribution in [2.24, 2.45) is 0 Å². The first kappa shape index (κ1) is 13.5. The molecule has 2 heterocycles. The van der Waals surface area contributed by atoms with Gasteiger partial charge in [0.15, 0.2) is 0 Å². The van der Waals surface area contributed by atoms with Crippen LogP contribution >= 0.6 is 0 Å². The zero-order valence-corrected chi connectivity index (χ0v) is 11.2. The van der Waals surface area contributed by atoms with E-state index in [4.69, 9.17) is 0 Å². The molecule has 0 aliphatic rings. The number of nitrogens with one attached hydrogen (secondary N) is 1. The van der Waals surface area contributed by atoms with Crippen LogP contribution in [-0.2, 0) is 19.6 Å². The zero-order valence-electron chi connectivity index (χ0n) is 11.2. The van der Waals surface area contributed by atoms with Crippen LogP contribution < -0.4 is 11.0 Å². The fourth-order valence-electron chi connectivity index (χ4n) is 1.95. The molecule has 0 amide bonds. The van der Waals surface area contributed by atoms with E-state index >= 15 is 0 Å². The topological polar surface area (TPSA) is 51.9 Å². The molecule has 0 saturated carbocycles. The molecule has 0 saturated heterocycles. The highest BCUT2D eigenvalue weighted by molar-refractivity contribution is 5.02. The lowest BCUT2D eigenvalue weighted by Crippen LogP contribution is -2.28. The minimum absolute atomic E-state index is 0.0708. The summed E-state index contributed by atoms with van der Waals surface area (Å²) in [5, 5.41) is 3.29. The summed E-state index contributed by atoms with van der Waals surface area (Å²) in [7, 11) is 0. The van der Waals surface area contributed by atoms with Gasteiger partial charge in [0, 0.05) is 44.8 Å². The van der Waals surface area contributed by atoms with Crippen LogP contribution in [-0.4, -0.2) is 20.7 Å². The molecule has 0 aromatic carbocycles. The predicted octanol–water partition coefficient (Wildman–Crippen LogP) is 1.24. The van der Waals surface area contributed by atoms with Crippen LogP contribution in [0.25, 0.3) is 0 Å². The van der Waals surface area contributed by atoms with Crippen molar-refractivity contribution >= 4 is 0 Å². The lowest BCUT2D eigenvalue weighted by atomic mass is 10.3. The quantitative estimate of drug-likeness (QED) is 0.762. The molecule has 102 valence electrons. The third kappa shape index (κ3) is 3.79. The van der Waals surface area contributed by atoms with Gasteiger partial charge < -0.3 is 5.32 Å². The van der Waals surface area contributed by atoms with Gasteiger partial charge in [0.2, 0.25) is 0 Å². The van der Waals surface area contributed by atoms with Crippen molar-refractivity contribution in [3.05, 3.63) is 53.0 Å². The van der Waals surface area contributed by atoms with Gasteiger partial charge >= 0.3 is 5.69 Å². The van der Waals surface area contributed by atoms with Crippen molar-refractivity contribution in [2.75, 3.05) is 6.54 Å². The first-order valence-electron chi connectivity index (χ1n) is 6.67. The number of aryl methyl sites for hydroxylation is 1. The summed E-state index contributed by atoms with van der Waals surface area (Å²) in [6, 6.07) is 5.86. The van der Waals surface area contributed by atoms with Crippen molar-refractivity contribution < 1.29 is 0 Å². The van der Waals surface area contributed by atoms with Crippen LogP contribution in [0.15, 0.2) is 41.6 Å². The summed E-state index contributed by atoms with van der Waals surface area (Å²) < 4.78 is 3.49. The number of rotatable bonds is 7. The second-order valence-electron chi connectivity index (χ2n) is 4.47. The van der Waals surface area contributed by atoms with E-state index in [0.717, 1.165) is 31.7 Å². The van der Waals surface area contributed by atoms with Crippen molar-refractivity contribution in [3.8, 4) is 0 Å². The lowest BCUT2D eigenvalue weighted by Gasteiger charge is -2.04. The van der Waals surface area contributed by atoms with Crippen LogP contribution in [0.1, 0.15) is 19.0 Å². The van der Waals surface area contributed by atoms with E-state index in [2.05, 4.69) is 17.2 Å². The number of hydrogen-bond donors (Lipinski definition) is 1. The summed E-state index contributed by atoms with van der Waals surface area (Å²) in [4.78, 5) is 16.1. The summed E-state index contributed by atoms with van der Waals surface area (Å²) in [5.74, 6) is 0. The molecule has 0 fully saturated rings. The normalized spacial score (nSPS) is 10.8. The number of pyridine rings is 1. The van der Waals surface area contributed by atoms with Gasteiger partial charge in [0.25, 0.3) is 0 Å². The Labute approximate surface area is 112 Å². The minimum atomic E-state index is 0.0708. The van der Waals surface area contributed by atoms with Gasteiger partial charge in [-0.3, -0.25) is 14.1 Å². The molecule has 0 unspecified atom stereocenters. The highest BCUT2D eigenvalue weighted by Crippen LogP contribution is 1.92. The Balaban J connectivity index is 1.78. The summed E-state index contributed by atoms with van der Waals surface area (Å²) in [6.07, 6.45) is 6.46. The maximum Gasteiger partial charge on any atom is 0.328 e. The van der Waals surface area contributed by atoms with Gasteiger partial charge in [0.05, 0.1) is 5.69 Å². The van der Waals surface area contributed by atoms with Gasteiger partial charge in [0.1, 0.15) is 0 Å². The third-order valence-corrected chi connectivity index (χ3v) is 2.94. The molecule has 5 nitrogen and oxygen atoms in total. The monoisotopic (exact) mass is 260 g/mol. The summed E-state index contributed by atoms with van der Waals surface area (Å²) >= 11 is 0. The Hall–Kier alpha value is -1.88. The smallest absolute Gasteiger partial charge is 0.309 e. The minimum Gasteiger partial charge on any atom is -0.309 e. The van der Waals surface area contributed by atoms with E-state index in [1.54, 1.807) is 15.3 Å². The molecule has 0 aliphatic heterocycles. The predicted molar refractivity (Wildman–Crippen MR) is 74.9 cm³/mol. The Bertz CT molecular complexity index is 544. The van der Waals surface area contributed by atoms with Crippen LogP contribution in [0.3, 0.4) is 0 Å². The van der Waals surface area contributed by atoms with E-state index in [-0.39, 0.29) is 5.69 Å². The molecule has 5 heteroatoms. The maximum atomic E-state index is 11.9. The number of hydrogen-bond acceptors (Lipinski definition) is 3. The fraction of sp³-hybridized carbons (Fsp3) is 0.429. The van der Waals surface area contributed by atoms with Gasteiger partial charge in [-0.25, -0.2) is 4.79 Å². The van der Waals surface area contributed by atoms with E-state index in [0.29, 0.717) is 6.54 Å². The average molecular weight is 260 g/mol. The Morgan fingerprint density at radius 1 is 1.21 bits per heavy atom. The first-order valence-corrected chi connectivity index (χ1v) is 6.67. The molecule has 19 heavy (non-hydrogen) atoms. The second-order valence-corrected chi connectivity index (χ2v) is 4.47. The molecule has 0 spiro atoms. The van der Waals surface area contributed by atoms with E-state index in [1.807, 2.05) is 30.6 Å². The van der Waals surface area contributed by atoms with Crippen molar-refractivity contribution in [3.63, 3.8) is 0 Å². The van der Waals surface area contributed by atoms with Crippen LogP contribution in [0, 0.1) is 0 Å². The Morgan fingerprint density at radius 2 is 2.00 bits per heavy atom. The highest BCUT2D eigenvalue weighted by Gasteiger charge is 2.01. The summed E-state index contributed by atoms with van der Waals surface area (Å²) in [5.41, 5.74) is 1.08. The van der Waals surface area contributed by atoms with Gasteiger partial charge in [-0.05, 0) is 18.6 Å². The van der Waals surface area contributed by atoms with Crippen LogP contribution in [0.2, 0.25) is 0 Å². The fourth-order valence-corrected chi connectivity index (χ4v) is 1.95. The SMILES string of the molecule is CCCn1ccn(CCNCc2ccccn2)c1=O. The largest absolute Gasteiger partial charge is 0.328 e. The summed E-state index contributed by atoms with van der Waals surface area (Å²) in [6.45, 7) is 5.02. The van der Waals surface area contributed by atoms with E-state index < -0.39 is 0 Å². The molecule has 0 bridgehead atoms. The van der Waals surface area contributed by atoms with Crippen molar-refractivity contribution in [1.82, 2.24) is 19.4 Å². The highest BCUT2D eigenvalue weighted by atomic mass is 16.1. The van der Waals surface area contributed by atoms with Gasteiger partial charge in [-0.15, -0.1) is 0 Å². The van der Waals surface area contributed by atoms with Crippen molar-refractivity contribution in [2.45, 2.75) is 33.0 Å². The van der Waals surface area contributed by atoms with Crippen molar-refractivity contribution in [1.29, 1.82) is 0 Å². The Morgan fingerprint density at radius 3 is 2.68 bits per heavy atom. The maximum absolute atomic E-state index is 11.9. The standard InChI is InChI=1S/C14H20N4O/c1-2-8-17-10-11-18(14(17)19)9-7-15-12-13-5-3-4-6-16-13/h3-6,10-11,15H,2,7-9,12H2,1H3. The number of nitrogens with zero attached hydrogens (tertiary/aromatic N) is 3. The first-order chi connectivity index (χ1) is 9.31. The second kappa shape index (κ2) is 6.89. The Kier molecular flexibility index (Phi) is 4.92. The van der Waals surface area contributed by atoms with Crippen LogP contribution in [0.4, 0.5) is 0 Å².